The quantitative estimate of drug-likeness (QED) is 0.556. The lowest BCUT2D eigenvalue weighted by atomic mass is 10.1. The maximum absolute atomic E-state index is 12.8. The van der Waals surface area contributed by atoms with Crippen molar-refractivity contribution >= 4 is 27.6 Å². The zero-order valence-electron chi connectivity index (χ0n) is 18.9. The molecule has 3 aromatic rings. The van der Waals surface area contributed by atoms with Crippen molar-refractivity contribution in [3.8, 4) is 17.2 Å². The SMILES string of the molecule is COc1ccc(/C=C\C(=O)Nc2c3c(nn2-c2ccc(C)c(C)c2)CS(=O)(=O)C3)cc1OC. The molecule has 1 N–H and O–H groups in total. The summed E-state index contributed by atoms with van der Waals surface area (Å²) in [6.07, 6.45) is 3.03. The molecule has 2 heterocycles. The molecule has 1 aliphatic rings. The van der Waals surface area contributed by atoms with Crippen molar-refractivity contribution in [1.82, 2.24) is 9.78 Å². The van der Waals surface area contributed by atoms with Gasteiger partial charge in [-0.3, -0.25) is 4.79 Å². The monoisotopic (exact) mass is 467 g/mol. The van der Waals surface area contributed by atoms with Crippen LogP contribution in [0.4, 0.5) is 5.82 Å². The van der Waals surface area contributed by atoms with E-state index in [1.807, 2.05) is 32.0 Å². The van der Waals surface area contributed by atoms with Crippen molar-refractivity contribution in [2.75, 3.05) is 19.5 Å². The lowest BCUT2D eigenvalue weighted by molar-refractivity contribution is -0.111. The van der Waals surface area contributed by atoms with E-state index in [9.17, 15) is 13.2 Å². The summed E-state index contributed by atoms with van der Waals surface area (Å²) in [6.45, 7) is 4.00. The van der Waals surface area contributed by atoms with E-state index in [0.717, 1.165) is 22.4 Å². The minimum atomic E-state index is -3.27. The second-order valence-electron chi connectivity index (χ2n) is 7.92. The van der Waals surface area contributed by atoms with Crippen molar-refractivity contribution in [3.63, 3.8) is 0 Å². The third-order valence-electron chi connectivity index (χ3n) is 5.60. The number of carbonyl (C=O) groups excluding carboxylic acids is 1. The number of hydrogen-bond acceptors (Lipinski definition) is 6. The van der Waals surface area contributed by atoms with E-state index in [2.05, 4.69) is 10.4 Å². The lowest BCUT2D eigenvalue weighted by Gasteiger charge is -2.11. The predicted molar refractivity (Wildman–Crippen MR) is 127 cm³/mol. The molecule has 1 amide bonds. The second-order valence-corrected chi connectivity index (χ2v) is 9.99. The first-order valence-electron chi connectivity index (χ1n) is 10.3. The number of aromatic nitrogens is 2. The van der Waals surface area contributed by atoms with Crippen LogP contribution in [0.25, 0.3) is 11.8 Å². The third kappa shape index (κ3) is 4.63. The maximum Gasteiger partial charge on any atom is 0.249 e. The number of benzene rings is 2. The molecule has 9 heteroatoms. The molecule has 0 saturated carbocycles. The Balaban J connectivity index is 1.65. The van der Waals surface area contributed by atoms with Gasteiger partial charge in [0.2, 0.25) is 5.91 Å². The molecule has 1 aliphatic heterocycles. The number of aryl methyl sites for hydroxylation is 2. The van der Waals surface area contributed by atoms with E-state index in [1.54, 1.807) is 43.2 Å². The average Bonchev–Trinajstić information content (AvgIpc) is 3.26. The molecule has 0 unspecified atom stereocenters. The molecule has 0 radical (unpaired) electrons. The summed E-state index contributed by atoms with van der Waals surface area (Å²) in [7, 11) is -0.179. The number of rotatable bonds is 6. The van der Waals surface area contributed by atoms with Gasteiger partial charge in [-0.05, 0) is 60.9 Å². The number of nitrogens with one attached hydrogen (secondary N) is 1. The molecule has 0 atom stereocenters. The minimum Gasteiger partial charge on any atom is -0.493 e. The summed E-state index contributed by atoms with van der Waals surface area (Å²) in [4.78, 5) is 12.8. The molecule has 8 nitrogen and oxygen atoms in total. The van der Waals surface area contributed by atoms with Gasteiger partial charge in [-0.1, -0.05) is 12.1 Å². The lowest BCUT2D eigenvalue weighted by Crippen LogP contribution is -2.14. The first-order chi connectivity index (χ1) is 15.7. The number of fused-ring (bicyclic) bond motifs is 1. The fourth-order valence-electron chi connectivity index (χ4n) is 3.70. The summed E-state index contributed by atoms with van der Waals surface area (Å²) >= 11 is 0. The van der Waals surface area contributed by atoms with Crippen molar-refractivity contribution < 1.29 is 22.7 Å². The molecule has 172 valence electrons. The van der Waals surface area contributed by atoms with Gasteiger partial charge in [-0.25, -0.2) is 13.1 Å². The van der Waals surface area contributed by atoms with Gasteiger partial charge in [0.05, 0.1) is 37.1 Å². The highest BCUT2D eigenvalue weighted by Gasteiger charge is 2.33. The Morgan fingerprint density at radius 1 is 1.03 bits per heavy atom. The van der Waals surface area contributed by atoms with Crippen molar-refractivity contribution in [3.05, 3.63) is 70.4 Å². The molecule has 2 aromatic carbocycles. The van der Waals surface area contributed by atoms with Crippen LogP contribution in [0.3, 0.4) is 0 Å². The molecular weight excluding hydrogens is 442 g/mol. The summed E-state index contributed by atoms with van der Waals surface area (Å²) in [5, 5.41) is 7.35. The molecule has 4 rings (SSSR count). The molecule has 0 aliphatic carbocycles. The van der Waals surface area contributed by atoms with E-state index >= 15 is 0 Å². The van der Waals surface area contributed by atoms with Gasteiger partial charge in [0.1, 0.15) is 5.82 Å². The topological polar surface area (TPSA) is 99.5 Å². The fraction of sp³-hybridized carbons (Fsp3) is 0.250. The Kier molecular flexibility index (Phi) is 5.99. The largest absolute Gasteiger partial charge is 0.493 e. The van der Waals surface area contributed by atoms with Gasteiger partial charge >= 0.3 is 0 Å². The Labute approximate surface area is 192 Å². The highest BCUT2D eigenvalue weighted by atomic mass is 32.2. The average molecular weight is 468 g/mol. The van der Waals surface area contributed by atoms with Gasteiger partial charge in [0.15, 0.2) is 21.3 Å². The number of sulfone groups is 1. The zero-order valence-corrected chi connectivity index (χ0v) is 19.7. The Morgan fingerprint density at radius 2 is 1.79 bits per heavy atom. The number of carbonyl (C=O) groups is 1. The highest BCUT2D eigenvalue weighted by molar-refractivity contribution is 7.90. The van der Waals surface area contributed by atoms with Crippen LogP contribution in [0.2, 0.25) is 0 Å². The van der Waals surface area contributed by atoms with E-state index in [0.29, 0.717) is 28.6 Å². The van der Waals surface area contributed by atoms with Gasteiger partial charge in [0.25, 0.3) is 0 Å². The van der Waals surface area contributed by atoms with E-state index < -0.39 is 15.7 Å². The minimum absolute atomic E-state index is 0.134. The Hall–Kier alpha value is -3.59. The Morgan fingerprint density at radius 3 is 2.48 bits per heavy atom. The summed E-state index contributed by atoms with van der Waals surface area (Å²) in [5.74, 6) is 0.828. The summed E-state index contributed by atoms with van der Waals surface area (Å²) < 4.78 is 36.4. The highest BCUT2D eigenvalue weighted by Crippen LogP contribution is 2.33. The van der Waals surface area contributed by atoms with Crippen LogP contribution in [-0.2, 0) is 26.1 Å². The van der Waals surface area contributed by atoms with Crippen molar-refractivity contribution in [2.45, 2.75) is 25.4 Å². The molecule has 0 fully saturated rings. The number of ether oxygens (including phenoxy) is 2. The number of methoxy groups -OCH3 is 2. The maximum atomic E-state index is 12.8. The predicted octanol–water partition coefficient (Wildman–Crippen LogP) is 3.59. The molecule has 0 spiro atoms. The number of amides is 1. The molecular formula is C24H25N3O5S. The third-order valence-corrected chi connectivity index (χ3v) is 7.04. The second kappa shape index (κ2) is 8.74. The number of anilines is 1. The fourth-order valence-corrected chi connectivity index (χ4v) is 5.20. The van der Waals surface area contributed by atoms with Crippen LogP contribution in [0.1, 0.15) is 27.9 Å². The smallest absolute Gasteiger partial charge is 0.249 e. The zero-order chi connectivity index (χ0) is 23.8. The molecule has 0 saturated heterocycles. The molecule has 1 aromatic heterocycles. The Bertz CT molecular complexity index is 1370. The van der Waals surface area contributed by atoms with E-state index in [-0.39, 0.29) is 11.5 Å². The first-order valence-corrected chi connectivity index (χ1v) is 12.1. The standard InChI is InChI=1S/C24H25N3O5S/c1-15-5-8-18(11-16(15)2)27-24(19-13-33(29,30)14-20(19)26-27)25-23(28)10-7-17-6-9-21(31-3)22(12-17)32-4/h5-12H,13-14H2,1-4H3,(H,25,28)/b10-7-. The normalized spacial score (nSPS) is 14.3. The number of nitrogens with zero attached hydrogens (tertiary/aromatic N) is 2. The van der Waals surface area contributed by atoms with Gasteiger partial charge < -0.3 is 14.8 Å². The van der Waals surface area contributed by atoms with Crippen LogP contribution in [0, 0.1) is 13.8 Å². The van der Waals surface area contributed by atoms with E-state index in [1.165, 1.54) is 6.08 Å². The van der Waals surface area contributed by atoms with Crippen molar-refractivity contribution in [1.29, 1.82) is 0 Å². The van der Waals surface area contributed by atoms with Crippen LogP contribution in [-0.4, -0.2) is 38.3 Å². The number of hydrogen-bond donors (Lipinski definition) is 1. The van der Waals surface area contributed by atoms with Gasteiger partial charge in [-0.2, -0.15) is 5.10 Å². The molecule has 33 heavy (non-hydrogen) atoms. The summed E-state index contributed by atoms with van der Waals surface area (Å²) in [5.41, 5.74) is 4.70. The van der Waals surface area contributed by atoms with Crippen LogP contribution < -0.4 is 14.8 Å². The van der Waals surface area contributed by atoms with Gasteiger partial charge in [0, 0.05) is 11.6 Å². The van der Waals surface area contributed by atoms with Crippen LogP contribution in [0.15, 0.2) is 42.5 Å². The van der Waals surface area contributed by atoms with Crippen LogP contribution in [0.5, 0.6) is 11.5 Å². The van der Waals surface area contributed by atoms with E-state index in [4.69, 9.17) is 9.47 Å². The van der Waals surface area contributed by atoms with Gasteiger partial charge in [-0.15, -0.1) is 0 Å². The molecule has 0 bridgehead atoms. The van der Waals surface area contributed by atoms with Crippen molar-refractivity contribution in [2.24, 2.45) is 0 Å². The van der Waals surface area contributed by atoms with Crippen LogP contribution >= 0.6 is 0 Å². The summed E-state index contributed by atoms with van der Waals surface area (Å²) in [6, 6.07) is 11.1. The first kappa shape index (κ1) is 22.6.